The Labute approximate surface area is 141 Å². The molecule has 1 saturated heterocycles. The fourth-order valence-electron chi connectivity index (χ4n) is 2.66. The largest absolute Gasteiger partial charge is 0.496 e. The maximum absolute atomic E-state index is 12.4. The summed E-state index contributed by atoms with van der Waals surface area (Å²) in [6.07, 6.45) is 1.64. The molecule has 0 bridgehead atoms. The summed E-state index contributed by atoms with van der Waals surface area (Å²) in [4.78, 5) is 27.7. The smallest absolute Gasteiger partial charge is 0.321 e. The van der Waals surface area contributed by atoms with Crippen LogP contribution >= 0.6 is 0 Å². The van der Waals surface area contributed by atoms with Crippen LogP contribution in [0.15, 0.2) is 18.2 Å². The number of anilines is 1. The fourth-order valence-corrected chi connectivity index (χ4v) is 2.66. The van der Waals surface area contributed by atoms with Gasteiger partial charge in [-0.1, -0.05) is 0 Å². The molecule has 2 rings (SSSR count). The summed E-state index contributed by atoms with van der Waals surface area (Å²) in [5.41, 5.74) is 0.902. The first-order valence-corrected chi connectivity index (χ1v) is 7.81. The van der Waals surface area contributed by atoms with E-state index in [1.807, 2.05) is 0 Å². The highest BCUT2D eigenvalue weighted by Crippen LogP contribution is 2.24. The van der Waals surface area contributed by atoms with E-state index >= 15 is 0 Å². The number of benzene rings is 1. The minimum absolute atomic E-state index is 0.119. The maximum Gasteiger partial charge on any atom is 0.321 e. The maximum atomic E-state index is 12.4. The number of nitriles is 1. The molecule has 24 heavy (non-hydrogen) atoms. The number of hydrogen-bond acceptors (Lipinski definition) is 4. The number of carbonyl (C=O) groups is 2. The Morgan fingerprint density at radius 1 is 1.42 bits per heavy atom. The van der Waals surface area contributed by atoms with Gasteiger partial charge in [0.15, 0.2) is 0 Å². The van der Waals surface area contributed by atoms with Crippen molar-refractivity contribution in [2.45, 2.75) is 12.8 Å². The van der Waals surface area contributed by atoms with Crippen LogP contribution in [0.4, 0.5) is 10.5 Å². The number of urea groups is 1. The van der Waals surface area contributed by atoms with Crippen molar-refractivity contribution in [3.05, 3.63) is 23.8 Å². The summed E-state index contributed by atoms with van der Waals surface area (Å²) in [5, 5.41) is 11.8. The van der Waals surface area contributed by atoms with E-state index in [1.54, 1.807) is 37.2 Å². The molecule has 7 heteroatoms. The van der Waals surface area contributed by atoms with Crippen molar-refractivity contribution in [1.82, 2.24) is 9.80 Å². The number of carbonyl (C=O) groups excluding carboxylic acids is 2. The lowest BCUT2D eigenvalue weighted by Gasteiger charge is -2.29. The number of methoxy groups -OCH3 is 1. The average molecular weight is 330 g/mol. The molecule has 1 aliphatic heterocycles. The highest BCUT2D eigenvalue weighted by atomic mass is 16.5. The van der Waals surface area contributed by atoms with Gasteiger partial charge < -0.3 is 19.9 Å². The summed E-state index contributed by atoms with van der Waals surface area (Å²) < 4.78 is 5.21. The molecule has 1 N–H and O–H groups in total. The van der Waals surface area contributed by atoms with Crippen LogP contribution in [0.2, 0.25) is 0 Å². The van der Waals surface area contributed by atoms with Crippen molar-refractivity contribution in [1.29, 1.82) is 5.26 Å². The molecular formula is C17H22N4O3. The second-order valence-corrected chi connectivity index (χ2v) is 5.96. The van der Waals surface area contributed by atoms with Gasteiger partial charge in [0, 0.05) is 32.9 Å². The van der Waals surface area contributed by atoms with Gasteiger partial charge >= 0.3 is 6.03 Å². The van der Waals surface area contributed by atoms with Crippen LogP contribution in [0.5, 0.6) is 5.75 Å². The molecule has 0 aromatic heterocycles. The van der Waals surface area contributed by atoms with E-state index in [0.29, 0.717) is 30.1 Å². The van der Waals surface area contributed by atoms with Crippen LogP contribution in [0.3, 0.4) is 0 Å². The third-order valence-corrected chi connectivity index (χ3v) is 3.98. The molecule has 0 unspecified atom stereocenters. The minimum atomic E-state index is -0.261. The van der Waals surface area contributed by atoms with Crippen LogP contribution < -0.4 is 10.1 Å². The molecule has 0 spiro atoms. The molecule has 0 radical (unpaired) electrons. The molecule has 1 fully saturated rings. The topological polar surface area (TPSA) is 85.7 Å². The number of piperidine rings is 1. The Hall–Kier alpha value is -2.75. The van der Waals surface area contributed by atoms with Gasteiger partial charge in [-0.25, -0.2) is 4.79 Å². The quantitative estimate of drug-likeness (QED) is 0.920. The predicted octanol–water partition coefficient (Wildman–Crippen LogP) is 2.16. The van der Waals surface area contributed by atoms with Crippen LogP contribution in [-0.4, -0.2) is 56.0 Å². The average Bonchev–Trinajstić information content (AvgIpc) is 2.60. The van der Waals surface area contributed by atoms with E-state index in [2.05, 4.69) is 11.4 Å². The van der Waals surface area contributed by atoms with Crippen LogP contribution in [-0.2, 0) is 0 Å². The molecule has 1 aromatic carbocycles. The molecule has 1 atom stereocenters. The lowest BCUT2D eigenvalue weighted by atomic mass is 10.0. The Morgan fingerprint density at radius 3 is 2.79 bits per heavy atom. The molecule has 0 aliphatic carbocycles. The number of nitrogens with zero attached hydrogens (tertiary/aromatic N) is 3. The lowest BCUT2D eigenvalue weighted by Crippen LogP contribution is -2.42. The number of likely N-dealkylation sites (tertiary alicyclic amines) is 1. The SMILES string of the molecule is COc1ccc(NC(=O)N2CCC[C@@H](C#N)C2)cc1C(=O)N(C)C. The Bertz CT molecular complexity index is 666. The number of nitrogens with one attached hydrogen (secondary N) is 1. The Balaban J connectivity index is 2.15. The zero-order valence-electron chi connectivity index (χ0n) is 14.2. The van der Waals surface area contributed by atoms with Crippen molar-refractivity contribution in [3.8, 4) is 11.8 Å². The molecule has 1 heterocycles. The molecule has 128 valence electrons. The molecular weight excluding hydrogens is 308 g/mol. The van der Waals surface area contributed by atoms with Gasteiger partial charge in [0.05, 0.1) is 24.7 Å². The third kappa shape index (κ3) is 3.96. The van der Waals surface area contributed by atoms with Crippen molar-refractivity contribution >= 4 is 17.6 Å². The summed E-state index contributed by atoms with van der Waals surface area (Å²) >= 11 is 0. The lowest BCUT2D eigenvalue weighted by molar-refractivity contribution is 0.0824. The van der Waals surface area contributed by atoms with Gasteiger partial charge in [0.2, 0.25) is 0 Å². The number of hydrogen-bond donors (Lipinski definition) is 1. The zero-order valence-corrected chi connectivity index (χ0v) is 14.2. The van der Waals surface area contributed by atoms with Crippen LogP contribution in [0.1, 0.15) is 23.2 Å². The Kier molecular flexibility index (Phi) is 5.64. The third-order valence-electron chi connectivity index (χ3n) is 3.98. The fraction of sp³-hybridized carbons (Fsp3) is 0.471. The monoisotopic (exact) mass is 330 g/mol. The van der Waals surface area contributed by atoms with Gasteiger partial charge in [-0.05, 0) is 31.0 Å². The first-order valence-electron chi connectivity index (χ1n) is 7.81. The van der Waals surface area contributed by atoms with Gasteiger partial charge in [-0.2, -0.15) is 5.26 Å². The summed E-state index contributed by atoms with van der Waals surface area (Å²) in [7, 11) is 4.81. The van der Waals surface area contributed by atoms with Gasteiger partial charge in [-0.3, -0.25) is 4.79 Å². The van der Waals surface area contributed by atoms with E-state index in [9.17, 15) is 9.59 Å². The molecule has 7 nitrogen and oxygen atoms in total. The second kappa shape index (κ2) is 7.68. The molecule has 3 amide bonds. The van der Waals surface area contributed by atoms with Gasteiger partial charge in [0.1, 0.15) is 5.75 Å². The van der Waals surface area contributed by atoms with E-state index < -0.39 is 0 Å². The highest BCUT2D eigenvalue weighted by Gasteiger charge is 2.24. The second-order valence-electron chi connectivity index (χ2n) is 5.96. The predicted molar refractivity (Wildman–Crippen MR) is 89.9 cm³/mol. The summed E-state index contributed by atoms with van der Waals surface area (Å²) in [6.45, 7) is 1.06. The van der Waals surface area contributed by atoms with Crippen molar-refractivity contribution in [2.75, 3.05) is 39.6 Å². The van der Waals surface area contributed by atoms with Gasteiger partial charge in [0.25, 0.3) is 5.91 Å². The van der Waals surface area contributed by atoms with E-state index in [4.69, 9.17) is 10.00 Å². The normalized spacial score (nSPS) is 16.9. The number of ether oxygens (including phenoxy) is 1. The number of amides is 3. The van der Waals surface area contributed by atoms with E-state index in [1.165, 1.54) is 12.0 Å². The Morgan fingerprint density at radius 2 is 2.17 bits per heavy atom. The molecule has 0 saturated carbocycles. The van der Waals surface area contributed by atoms with Crippen LogP contribution in [0, 0.1) is 17.2 Å². The highest BCUT2D eigenvalue weighted by molar-refractivity contribution is 5.99. The first-order chi connectivity index (χ1) is 11.5. The first kappa shape index (κ1) is 17.6. The minimum Gasteiger partial charge on any atom is -0.496 e. The van der Waals surface area contributed by atoms with E-state index in [0.717, 1.165) is 12.8 Å². The number of rotatable bonds is 3. The van der Waals surface area contributed by atoms with Crippen molar-refractivity contribution in [2.24, 2.45) is 5.92 Å². The zero-order chi connectivity index (χ0) is 17.7. The summed E-state index contributed by atoms with van der Waals surface area (Å²) in [5.74, 6) is 0.130. The molecule has 1 aromatic rings. The van der Waals surface area contributed by atoms with Gasteiger partial charge in [-0.15, -0.1) is 0 Å². The van der Waals surface area contributed by atoms with Crippen molar-refractivity contribution in [3.63, 3.8) is 0 Å². The van der Waals surface area contributed by atoms with E-state index in [-0.39, 0.29) is 17.9 Å². The molecule has 1 aliphatic rings. The van der Waals surface area contributed by atoms with Crippen LogP contribution in [0.25, 0.3) is 0 Å². The standard InChI is InChI=1S/C17H22N4O3/c1-20(2)16(22)14-9-13(6-7-15(14)24-3)19-17(23)21-8-4-5-12(10-18)11-21/h6-7,9,12H,4-5,8,11H2,1-3H3,(H,19,23)/t12-/m0/s1. The van der Waals surface area contributed by atoms with Crippen molar-refractivity contribution < 1.29 is 14.3 Å². The summed E-state index contributed by atoms with van der Waals surface area (Å²) in [6, 6.07) is 6.90.